The Bertz CT molecular complexity index is 1210. The number of nitrogens with zero attached hydrogens (tertiary/aromatic N) is 3. The predicted octanol–water partition coefficient (Wildman–Crippen LogP) is 5.01. The molecule has 1 aromatic heterocycles. The molecule has 0 aliphatic carbocycles. The molecule has 174 valence electrons. The fourth-order valence-corrected chi connectivity index (χ4v) is 5.91. The van der Waals surface area contributed by atoms with Gasteiger partial charge in [0.2, 0.25) is 15.9 Å². The maximum absolute atomic E-state index is 13.0. The Balaban J connectivity index is 1.43. The molecule has 0 amide bonds. The third kappa shape index (κ3) is 5.54. The van der Waals surface area contributed by atoms with Crippen LogP contribution in [0.5, 0.6) is 0 Å². The number of benzene rings is 2. The van der Waals surface area contributed by atoms with Gasteiger partial charge >= 0.3 is 0 Å². The van der Waals surface area contributed by atoms with Gasteiger partial charge in [-0.15, -0.1) is 10.2 Å². The fourth-order valence-electron chi connectivity index (χ4n) is 3.69. The first-order valence-electron chi connectivity index (χ1n) is 11.0. The fraction of sp³-hybridized carbons (Fsp3) is 0.375. The highest BCUT2D eigenvalue weighted by molar-refractivity contribution is 7.99. The normalized spacial score (nSPS) is 15.1. The van der Waals surface area contributed by atoms with Gasteiger partial charge in [-0.25, -0.2) is 8.42 Å². The summed E-state index contributed by atoms with van der Waals surface area (Å²) in [5.41, 5.74) is 2.36. The lowest BCUT2D eigenvalue weighted by Gasteiger charge is -2.25. The average molecular weight is 486 g/mol. The lowest BCUT2D eigenvalue weighted by molar-refractivity contribution is 0.102. The van der Waals surface area contributed by atoms with Gasteiger partial charge in [0.15, 0.2) is 5.78 Å². The van der Waals surface area contributed by atoms with Crippen molar-refractivity contribution in [1.82, 2.24) is 14.5 Å². The molecule has 7 nitrogen and oxygen atoms in total. The van der Waals surface area contributed by atoms with Gasteiger partial charge in [-0.05, 0) is 42.5 Å². The van der Waals surface area contributed by atoms with Crippen LogP contribution in [0.3, 0.4) is 0 Å². The van der Waals surface area contributed by atoms with Crippen molar-refractivity contribution in [2.24, 2.45) is 0 Å². The summed E-state index contributed by atoms with van der Waals surface area (Å²) in [5.74, 6) is 0.784. The molecule has 1 aliphatic rings. The summed E-state index contributed by atoms with van der Waals surface area (Å²) >= 11 is 1.17. The second-order valence-corrected chi connectivity index (χ2v) is 11.2. The van der Waals surface area contributed by atoms with Crippen LogP contribution in [0, 0.1) is 0 Å². The SMILES string of the molecule is CC(C)c1ccc(C(=O)CSc2nnc(-c3cccc(S(=O)(=O)N4CCCCC4)c3)o2)cc1. The maximum Gasteiger partial charge on any atom is 0.277 e. The largest absolute Gasteiger partial charge is 0.411 e. The smallest absolute Gasteiger partial charge is 0.277 e. The zero-order valence-electron chi connectivity index (χ0n) is 18.7. The molecule has 0 spiro atoms. The number of Topliss-reactive ketones (excluding diaryl/α,β-unsaturated/α-hetero) is 1. The van der Waals surface area contributed by atoms with E-state index in [1.807, 2.05) is 24.3 Å². The number of carbonyl (C=O) groups excluding carboxylic acids is 1. The van der Waals surface area contributed by atoms with Gasteiger partial charge in [0.25, 0.3) is 5.22 Å². The molecular formula is C24H27N3O4S2. The molecule has 1 aliphatic heterocycles. The van der Waals surface area contributed by atoms with Crippen LogP contribution >= 0.6 is 11.8 Å². The van der Waals surface area contributed by atoms with E-state index in [0.29, 0.717) is 30.1 Å². The molecule has 0 unspecified atom stereocenters. The summed E-state index contributed by atoms with van der Waals surface area (Å²) in [5, 5.41) is 8.32. The van der Waals surface area contributed by atoms with Crippen molar-refractivity contribution in [3.63, 3.8) is 0 Å². The van der Waals surface area contributed by atoms with E-state index in [2.05, 4.69) is 24.0 Å². The molecule has 2 heterocycles. The molecule has 0 bridgehead atoms. The number of hydrogen-bond acceptors (Lipinski definition) is 7. The molecule has 9 heteroatoms. The Hall–Kier alpha value is -2.49. The van der Waals surface area contributed by atoms with Crippen molar-refractivity contribution in [2.75, 3.05) is 18.8 Å². The van der Waals surface area contributed by atoms with E-state index in [4.69, 9.17) is 4.42 Å². The number of hydrogen-bond donors (Lipinski definition) is 0. The second kappa shape index (κ2) is 10.2. The number of carbonyl (C=O) groups is 1. The molecule has 0 N–H and O–H groups in total. The Morgan fingerprint density at radius 2 is 1.79 bits per heavy atom. The minimum atomic E-state index is -3.55. The van der Waals surface area contributed by atoms with Gasteiger partial charge in [-0.1, -0.05) is 62.4 Å². The van der Waals surface area contributed by atoms with E-state index in [1.54, 1.807) is 24.3 Å². The van der Waals surface area contributed by atoms with Gasteiger partial charge in [-0.3, -0.25) is 4.79 Å². The van der Waals surface area contributed by atoms with E-state index in [0.717, 1.165) is 19.3 Å². The van der Waals surface area contributed by atoms with E-state index < -0.39 is 10.0 Å². The highest BCUT2D eigenvalue weighted by atomic mass is 32.2. The zero-order chi connectivity index (χ0) is 23.4. The molecule has 33 heavy (non-hydrogen) atoms. The van der Waals surface area contributed by atoms with Crippen LogP contribution in [0.25, 0.3) is 11.5 Å². The van der Waals surface area contributed by atoms with Gasteiger partial charge in [0, 0.05) is 24.2 Å². The van der Waals surface area contributed by atoms with Gasteiger partial charge in [0.05, 0.1) is 10.6 Å². The Labute approximate surface area is 198 Å². The number of ketones is 1. The maximum atomic E-state index is 13.0. The first-order chi connectivity index (χ1) is 15.8. The lowest BCUT2D eigenvalue weighted by atomic mass is 10.0. The van der Waals surface area contributed by atoms with Crippen LogP contribution in [-0.2, 0) is 10.0 Å². The number of sulfonamides is 1. The number of thioether (sulfide) groups is 1. The van der Waals surface area contributed by atoms with Crippen LogP contribution in [0.15, 0.2) is 63.1 Å². The summed E-state index contributed by atoms with van der Waals surface area (Å²) in [6.45, 7) is 5.31. The molecule has 3 aromatic rings. The van der Waals surface area contributed by atoms with Gasteiger partial charge < -0.3 is 4.42 Å². The Morgan fingerprint density at radius 1 is 1.06 bits per heavy atom. The number of aromatic nitrogens is 2. The summed E-state index contributed by atoms with van der Waals surface area (Å²) < 4.78 is 33.2. The predicted molar refractivity (Wildman–Crippen MR) is 128 cm³/mol. The Kier molecular flexibility index (Phi) is 7.31. The molecule has 0 saturated carbocycles. The van der Waals surface area contributed by atoms with Crippen molar-refractivity contribution < 1.29 is 17.6 Å². The van der Waals surface area contributed by atoms with Crippen LogP contribution in [-0.4, -0.2) is 47.5 Å². The molecule has 0 atom stereocenters. The van der Waals surface area contributed by atoms with E-state index >= 15 is 0 Å². The molecule has 1 fully saturated rings. The zero-order valence-corrected chi connectivity index (χ0v) is 20.4. The highest BCUT2D eigenvalue weighted by Crippen LogP contribution is 2.28. The van der Waals surface area contributed by atoms with Gasteiger partial charge in [0.1, 0.15) is 0 Å². The van der Waals surface area contributed by atoms with Crippen molar-refractivity contribution in [1.29, 1.82) is 0 Å². The molecular weight excluding hydrogens is 458 g/mol. The molecule has 4 rings (SSSR count). The summed E-state index contributed by atoms with van der Waals surface area (Å²) in [6, 6.07) is 14.2. The third-order valence-corrected chi connectivity index (χ3v) is 8.38. The van der Waals surface area contributed by atoms with Gasteiger partial charge in [-0.2, -0.15) is 4.31 Å². The molecule has 2 aromatic carbocycles. The molecule has 1 saturated heterocycles. The summed E-state index contributed by atoms with van der Waals surface area (Å²) in [4.78, 5) is 12.7. The van der Waals surface area contributed by atoms with Crippen molar-refractivity contribution in [3.8, 4) is 11.5 Å². The second-order valence-electron chi connectivity index (χ2n) is 8.35. The average Bonchev–Trinajstić information content (AvgIpc) is 3.32. The Morgan fingerprint density at radius 3 is 2.48 bits per heavy atom. The number of rotatable bonds is 8. The van der Waals surface area contributed by atoms with Crippen LogP contribution in [0.1, 0.15) is 54.9 Å². The highest BCUT2D eigenvalue weighted by Gasteiger charge is 2.26. The minimum Gasteiger partial charge on any atom is -0.411 e. The van der Waals surface area contributed by atoms with E-state index in [-0.39, 0.29) is 27.5 Å². The van der Waals surface area contributed by atoms with Crippen LogP contribution in [0.4, 0.5) is 0 Å². The van der Waals surface area contributed by atoms with E-state index in [1.165, 1.54) is 21.6 Å². The quantitative estimate of drug-likeness (QED) is 0.327. The first-order valence-corrected chi connectivity index (χ1v) is 13.5. The first kappa shape index (κ1) is 23.7. The summed E-state index contributed by atoms with van der Waals surface area (Å²) in [6.07, 6.45) is 2.81. The standard InChI is InChI=1S/C24H27N3O4S2/c1-17(2)18-9-11-19(12-10-18)22(28)16-32-24-26-25-23(31-24)20-7-6-8-21(15-20)33(29,30)27-13-4-3-5-14-27/h6-12,15,17H,3-5,13-14,16H2,1-2H3. The topological polar surface area (TPSA) is 93.4 Å². The van der Waals surface area contributed by atoms with Crippen LogP contribution in [0.2, 0.25) is 0 Å². The van der Waals surface area contributed by atoms with Crippen LogP contribution < -0.4 is 0 Å². The van der Waals surface area contributed by atoms with Crippen molar-refractivity contribution in [2.45, 2.75) is 49.1 Å². The number of piperidine rings is 1. The monoisotopic (exact) mass is 485 g/mol. The minimum absolute atomic E-state index is 0.0234. The lowest BCUT2D eigenvalue weighted by Crippen LogP contribution is -2.35. The molecule has 0 radical (unpaired) electrons. The summed E-state index contributed by atoms with van der Waals surface area (Å²) in [7, 11) is -3.55. The van der Waals surface area contributed by atoms with Crippen molar-refractivity contribution >= 4 is 27.6 Å². The van der Waals surface area contributed by atoms with E-state index in [9.17, 15) is 13.2 Å². The van der Waals surface area contributed by atoms with Crippen molar-refractivity contribution in [3.05, 3.63) is 59.7 Å². The third-order valence-electron chi connectivity index (χ3n) is 5.67.